The van der Waals surface area contributed by atoms with Crippen LogP contribution in [0, 0.1) is 0 Å². The van der Waals surface area contributed by atoms with E-state index >= 15 is 0 Å². The summed E-state index contributed by atoms with van der Waals surface area (Å²) in [6.45, 7) is 5.21. The van der Waals surface area contributed by atoms with Gasteiger partial charge in [0.15, 0.2) is 0 Å². The number of carbonyl (C=O) groups excluding carboxylic acids is 1. The first-order valence-electron chi connectivity index (χ1n) is 9.15. The number of rotatable bonds is 10. The molecule has 1 N–H and O–H groups in total. The predicted octanol–water partition coefficient (Wildman–Crippen LogP) is 3.68. The number of halogens is 1. The normalized spacial score (nSPS) is 11.4. The summed E-state index contributed by atoms with van der Waals surface area (Å²) in [5, 5.41) is 2.80. The molecule has 0 radical (unpaired) electrons. The Kier molecular flexibility index (Phi) is 8.47. The fraction of sp³-hybridized carbons (Fsp3) is 0.350. The summed E-state index contributed by atoms with van der Waals surface area (Å²) in [6, 6.07) is 14.0. The van der Waals surface area contributed by atoms with Gasteiger partial charge in [-0.15, -0.1) is 0 Å². The van der Waals surface area contributed by atoms with Crippen molar-refractivity contribution >= 4 is 31.9 Å². The van der Waals surface area contributed by atoms with Crippen molar-refractivity contribution in [2.75, 3.05) is 26.2 Å². The Bertz CT molecular complexity index is 884. The number of benzene rings is 2. The highest BCUT2D eigenvalue weighted by molar-refractivity contribution is 9.10. The maximum atomic E-state index is 12.7. The van der Waals surface area contributed by atoms with E-state index in [0.717, 1.165) is 5.75 Å². The van der Waals surface area contributed by atoms with Gasteiger partial charge in [0.05, 0.1) is 17.1 Å². The molecular weight excluding hydrogens is 444 g/mol. The molecular formula is C20H25BrN2O4S. The minimum atomic E-state index is -3.62. The van der Waals surface area contributed by atoms with Gasteiger partial charge < -0.3 is 10.1 Å². The third-order valence-corrected chi connectivity index (χ3v) is 6.88. The topological polar surface area (TPSA) is 75.7 Å². The predicted molar refractivity (Wildman–Crippen MR) is 113 cm³/mol. The number of amides is 1. The third-order valence-electron chi connectivity index (χ3n) is 4.14. The van der Waals surface area contributed by atoms with Crippen LogP contribution < -0.4 is 10.1 Å². The molecule has 28 heavy (non-hydrogen) atoms. The van der Waals surface area contributed by atoms with E-state index in [1.165, 1.54) is 16.4 Å². The van der Waals surface area contributed by atoms with Crippen molar-refractivity contribution in [1.29, 1.82) is 0 Å². The minimum absolute atomic E-state index is 0.108. The van der Waals surface area contributed by atoms with Gasteiger partial charge in [0, 0.05) is 24.1 Å². The Balaban J connectivity index is 1.97. The fourth-order valence-corrected chi connectivity index (χ4v) is 4.54. The summed E-state index contributed by atoms with van der Waals surface area (Å²) in [5.74, 6) is 0.453. The summed E-state index contributed by atoms with van der Waals surface area (Å²) in [5.41, 5.74) is 0.289. The molecule has 0 spiro atoms. The number of ether oxygens (including phenoxy) is 1. The van der Waals surface area contributed by atoms with Crippen LogP contribution in [0.4, 0.5) is 0 Å². The summed E-state index contributed by atoms with van der Waals surface area (Å²) in [6.07, 6.45) is 0.635. The second-order valence-electron chi connectivity index (χ2n) is 6.00. The lowest BCUT2D eigenvalue weighted by molar-refractivity contribution is 0.0950. The van der Waals surface area contributed by atoms with E-state index in [0.29, 0.717) is 37.1 Å². The first kappa shape index (κ1) is 22.4. The van der Waals surface area contributed by atoms with Crippen molar-refractivity contribution in [3.8, 4) is 5.75 Å². The SMILES string of the molecule is CCN(CC)S(=O)(=O)c1ccc(Br)c(C(=O)NCCCOc2ccccc2)c1. The Labute approximate surface area is 175 Å². The molecule has 0 heterocycles. The fourth-order valence-electron chi connectivity index (χ4n) is 2.63. The highest BCUT2D eigenvalue weighted by Gasteiger charge is 2.23. The van der Waals surface area contributed by atoms with Gasteiger partial charge in [-0.1, -0.05) is 32.0 Å². The smallest absolute Gasteiger partial charge is 0.252 e. The Morgan fingerprint density at radius 2 is 1.79 bits per heavy atom. The van der Waals surface area contributed by atoms with E-state index in [4.69, 9.17) is 4.74 Å². The van der Waals surface area contributed by atoms with Gasteiger partial charge in [0.25, 0.3) is 5.91 Å². The van der Waals surface area contributed by atoms with E-state index in [-0.39, 0.29) is 16.4 Å². The molecule has 0 aromatic heterocycles. The molecule has 2 aromatic carbocycles. The summed E-state index contributed by atoms with van der Waals surface area (Å²) < 4.78 is 32.8. The van der Waals surface area contributed by atoms with E-state index < -0.39 is 10.0 Å². The molecule has 2 rings (SSSR count). The third kappa shape index (κ3) is 5.80. The Morgan fingerprint density at radius 3 is 2.43 bits per heavy atom. The van der Waals surface area contributed by atoms with Crippen molar-refractivity contribution in [3.63, 3.8) is 0 Å². The molecule has 0 fully saturated rings. The van der Waals surface area contributed by atoms with Gasteiger partial charge in [-0.25, -0.2) is 8.42 Å². The van der Waals surface area contributed by atoms with E-state index in [9.17, 15) is 13.2 Å². The standard InChI is InChI=1S/C20H25BrN2O4S/c1-3-23(4-2)28(25,26)17-11-12-19(21)18(15-17)20(24)22-13-8-14-27-16-9-6-5-7-10-16/h5-7,9-12,15H,3-4,8,13-14H2,1-2H3,(H,22,24). The van der Waals surface area contributed by atoms with Gasteiger partial charge in [-0.2, -0.15) is 4.31 Å². The van der Waals surface area contributed by atoms with E-state index in [1.54, 1.807) is 19.9 Å². The second kappa shape index (κ2) is 10.6. The zero-order valence-corrected chi connectivity index (χ0v) is 18.4. The van der Waals surface area contributed by atoms with Crippen LogP contribution in [0.3, 0.4) is 0 Å². The van der Waals surface area contributed by atoms with Crippen molar-refractivity contribution in [3.05, 3.63) is 58.6 Å². The number of nitrogens with one attached hydrogen (secondary N) is 1. The summed E-state index contributed by atoms with van der Waals surface area (Å²) in [4.78, 5) is 12.6. The lowest BCUT2D eigenvalue weighted by Gasteiger charge is -2.19. The maximum Gasteiger partial charge on any atom is 0.252 e. The average Bonchev–Trinajstić information content (AvgIpc) is 2.69. The number of sulfonamides is 1. The number of carbonyl (C=O) groups is 1. The van der Waals surface area contributed by atoms with Crippen LogP contribution in [0.15, 0.2) is 57.9 Å². The molecule has 152 valence electrons. The highest BCUT2D eigenvalue weighted by atomic mass is 79.9. The van der Waals surface area contributed by atoms with Crippen molar-refractivity contribution in [1.82, 2.24) is 9.62 Å². The van der Waals surface area contributed by atoms with Gasteiger partial charge in [0.1, 0.15) is 5.75 Å². The first-order chi connectivity index (χ1) is 13.4. The van der Waals surface area contributed by atoms with E-state index in [2.05, 4.69) is 21.2 Å². The largest absolute Gasteiger partial charge is 0.494 e. The monoisotopic (exact) mass is 468 g/mol. The minimum Gasteiger partial charge on any atom is -0.494 e. The summed E-state index contributed by atoms with van der Waals surface area (Å²) >= 11 is 3.33. The number of nitrogens with zero attached hydrogens (tertiary/aromatic N) is 1. The Hall–Kier alpha value is -1.90. The molecule has 0 bridgehead atoms. The molecule has 0 saturated heterocycles. The zero-order chi connectivity index (χ0) is 20.6. The number of hydrogen-bond acceptors (Lipinski definition) is 4. The molecule has 1 amide bonds. The lowest BCUT2D eigenvalue weighted by atomic mass is 10.2. The van der Waals surface area contributed by atoms with Crippen molar-refractivity contribution < 1.29 is 17.9 Å². The molecule has 2 aromatic rings. The van der Waals surface area contributed by atoms with Crippen LogP contribution in [0.2, 0.25) is 0 Å². The number of hydrogen-bond donors (Lipinski definition) is 1. The first-order valence-corrected chi connectivity index (χ1v) is 11.4. The van der Waals surface area contributed by atoms with Crippen LogP contribution in [-0.2, 0) is 10.0 Å². The quantitative estimate of drug-likeness (QED) is 0.539. The van der Waals surface area contributed by atoms with Crippen LogP contribution in [0.1, 0.15) is 30.6 Å². The van der Waals surface area contributed by atoms with Crippen LogP contribution in [0.25, 0.3) is 0 Å². The molecule has 0 aliphatic heterocycles. The van der Waals surface area contributed by atoms with Crippen molar-refractivity contribution in [2.45, 2.75) is 25.2 Å². The molecule has 0 aliphatic carbocycles. The van der Waals surface area contributed by atoms with Crippen LogP contribution in [-0.4, -0.2) is 44.9 Å². The van der Waals surface area contributed by atoms with Crippen molar-refractivity contribution in [2.24, 2.45) is 0 Å². The van der Waals surface area contributed by atoms with Gasteiger partial charge in [0.2, 0.25) is 10.0 Å². The highest BCUT2D eigenvalue weighted by Crippen LogP contribution is 2.23. The maximum absolute atomic E-state index is 12.7. The van der Waals surface area contributed by atoms with Gasteiger partial charge >= 0.3 is 0 Å². The molecule has 0 unspecified atom stereocenters. The lowest BCUT2D eigenvalue weighted by Crippen LogP contribution is -2.31. The van der Waals surface area contributed by atoms with Crippen LogP contribution in [0.5, 0.6) is 5.75 Å². The zero-order valence-electron chi connectivity index (χ0n) is 16.0. The molecule has 0 saturated carbocycles. The molecule has 8 heteroatoms. The Morgan fingerprint density at radius 1 is 1.11 bits per heavy atom. The van der Waals surface area contributed by atoms with Gasteiger partial charge in [-0.05, 0) is 52.7 Å². The van der Waals surface area contributed by atoms with Gasteiger partial charge in [-0.3, -0.25) is 4.79 Å². The summed E-state index contributed by atoms with van der Waals surface area (Å²) in [7, 11) is -3.62. The molecule has 0 atom stereocenters. The molecule has 0 aliphatic rings. The second-order valence-corrected chi connectivity index (χ2v) is 8.79. The average molecular weight is 469 g/mol. The number of para-hydroxylation sites is 1. The van der Waals surface area contributed by atoms with Crippen LogP contribution >= 0.6 is 15.9 Å². The molecule has 6 nitrogen and oxygen atoms in total. The van der Waals surface area contributed by atoms with E-state index in [1.807, 2.05) is 30.3 Å².